The number of rotatable bonds is 3. The second-order valence-corrected chi connectivity index (χ2v) is 4.72. The van der Waals surface area contributed by atoms with E-state index >= 15 is 0 Å². The van der Waals surface area contributed by atoms with Crippen molar-refractivity contribution in [2.45, 2.75) is 26.3 Å². The minimum absolute atomic E-state index is 0.209. The number of carbonyl (C=O) groups is 1. The number of nitrogens with zero attached hydrogens (tertiary/aromatic N) is 1. The monoisotopic (exact) mass is 233 g/mol. The van der Waals surface area contributed by atoms with Gasteiger partial charge in [-0.3, -0.25) is 9.69 Å². The average molecular weight is 233 g/mol. The lowest BCUT2D eigenvalue weighted by Crippen LogP contribution is -2.40. The summed E-state index contributed by atoms with van der Waals surface area (Å²) in [5.41, 5.74) is 1.19. The first kappa shape index (κ1) is 12.1. The lowest BCUT2D eigenvalue weighted by molar-refractivity contribution is -0.126. The van der Waals surface area contributed by atoms with Crippen molar-refractivity contribution in [2.75, 3.05) is 13.1 Å². The summed E-state index contributed by atoms with van der Waals surface area (Å²) in [7, 11) is 0. The van der Waals surface area contributed by atoms with Gasteiger partial charge in [0.15, 0.2) is 0 Å². The topological polar surface area (TPSA) is 40.5 Å². The van der Waals surface area contributed by atoms with E-state index in [4.69, 9.17) is 0 Å². The van der Waals surface area contributed by atoms with E-state index in [1.165, 1.54) is 5.56 Å². The summed E-state index contributed by atoms with van der Waals surface area (Å²) in [6, 6.07) is 7.29. The van der Waals surface area contributed by atoms with Gasteiger partial charge in [0.1, 0.15) is 11.5 Å². The van der Waals surface area contributed by atoms with Crippen molar-refractivity contribution >= 4 is 5.78 Å². The Hall–Kier alpha value is -1.35. The third-order valence-corrected chi connectivity index (χ3v) is 3.44. The Bertz CT molecular complexity index is 386. The van der Waals surface area contributed by atoms with E-state index in [2.05, 4.69) is 11.8 Å². The molecule has 1 aromatic rings. The average Bonchev–Trinajstić information content (AvgIpc) is 2.34. The third kappa shape index (κ3) is 3.07. The highest BCUT2D eigenvalue weighted by Crippen LogP contribution is 2.19. The van der Waals surface area contributed by atoms with E-state index in [0.717, 1.165) is 26.1 Å². The molecule has 1 atom stereocenters. The molecule has 1 saturated heterocycles. The van der Waals surface area contributed by atoms with E-state index in [-0.39, 0.29) is 5.92 Å². The lowest BCUT2D eigenvalue weighted by Gasteiger charge is -2.31. The van der Waals surface area contributed by atoms with Crippen LogP contribution in [0.3, 0.4) is 0 Å². The van der Waals surface area contributed by atoms with Crippen molar-refractivity contribution in [3.05, 3.63) is 29.8 Å². The van der Waals surface area contributed by atoms with Crippen molar-refractivity contribution in [1.29, 1.82) is 0 Å². The number of phenolic OH excluding ortho intramolecular Hbond substituents is 1. The number of likely N-dealkylation sites (tertiary alicyclic amines) is 1. The second-order valence-electron chi connectivity index (χ2n) is 4.72. The van der Waals surface area contributed by atoms with Gasteiger partial charge in [0.25, 0.3) is 0 Å². The number of benzene rings is 1. The van der Waals surface area contributed by atoms with Gasteiger partial charge in [-0.1, -0.05) is 19.1 Å². The molecule has 0 radical (unpaired) electrons. The van der Waals surface area contributed by atoms with Crippen LogP contribution in [-0.4, -0.2) is 28.9 Å². The van der Waals surface area contributed by atoms with Gasteiger partial charge in [-0.25, -0.2) is 0 Å². The van der Waals surface area contributed by atoms with Crippen molar-refractivity contribution in [2.24, 2.45) is 5.92 Å². The number of hydrogen-bond donors (Lipinski definition) is 1. The van der Waals surface area contributed by atoms with Crippen LogP contribution in [0.5, 0.6) is 5.75 Å². The number of hydrogen-bond acceptors (Lipinski definition) is 3. The van der Waals surface area contributed by atoms with Gasteiger partial charge in [0.2, 0.25) is 0 Å². The number of carbonyl (C=O) groups excluding carboxylic acids is 1. The van der Waals surface area contributed by atoms with E-state index < -0.39 is 0 Å². The van der Waals surface area contributed by atoms with E-state index in [1.807, 2.05) is 12.1 Å². The van der Waals surface area contributed by atoms with Crippen molar-refractivity contribution in [3.63, 3.8) is 0 Å². The van der Waals surface area contributed by atoms with Crippen LogP contribution in [0.25, 0.3) is 0 Å². The number of Topliss-reactive ketones (excluding diaryl/α,β-unsaturated/α-hetero) is 1. The SMILES string of the molecule is CCC1CN(Cc2ccc(O)cc2)CCC1=O. The molecule has 0 aromatic heterocycles. The highest BCUT2D eigenvalue weighted by atomic mass is 16.3. The Kier molecular flexibility index (Phi) is 3.79. The molecule has 0 saturated carbocycles. The summed E-state index contributed by atoms with van der Waals surface area (Å²) in [5, 5.41) is 9.22. The first-order valence-corrected chi connectivity index (χ1v) is 6.22. The molecular weight excluding hydrogens is 214 g/mol. The largest absolute Gasteiger partial charge is 0.508 e. The molecule has 3 nitrogen and oxygen atoms in total. The molecule has 0 spiro atoms. The molecule has 1 aliphatic heterocycles. The molecule has 17 heavy (non-hydrogen) atoms. The highest BCUT2D eigenvalue weighted by molar-refractivity contribution is 5.82. The molecule has 1 aromatic carbocycles. The summed E-state index contributed by atoms with van der Waals surface area (Å²) in [4.78, 5) is 13.9. The Balaban J connectivity index is 1.95. The fraction of sp³-hybridized carbons (Fsp3) is 0.500. The van der Waals surface area contributed by atoms with Gasteiger partial charge in [-0.15, -0.1) is 0 Å². The van der Waals surface area contributed by atoms with Crippen LogP contribution in [0.4, 0.5) is 0 Å². The van der Waals surface area contributed by atoms with Gasteiger partial charge in [-0.05, 0) is 24.1 Å². The Morgan fingerprint density at radius 1 is 1.35 bits per heavy atom. The van der Waals surface area contributed by atoms with Crippen LogP contribution in [0.15, 0.2) is 24.3 Å². The number of ketones is 1. The minimum Gasteiger partial charge on any atom is -0.508 e. The number of aromatic hydroxyl groups is 1. The first-order chi connectivity index (χ1) is 8.19. The zero-order chi connectivity index (χ0) is 12.3. The van der Waals surface area contributed by atoms with Crippen LogP contribution in [-0.2, 0) is 11.3 Å². The molecule has 92 valence electrons. The predicted molar refractivity (Wildman–Crippen MR) is 66.8 cm³/mol. The molecule has 1 fully saturated rings. The third-order valence-electron chi connectivity index (χ3n) is 3.44. The molecule has 0 aliphatic carbocycles. The van der Waals surface area contributed by atoms with Gasteiger partial charge in [0.05, 0.1) is 0 Å². The maximum Gasteiger partial charge on any atom is 0.138 e. The molecule has 0 amide bonds. The van der Waals surface area contributed by atoms with Crippen LogP contribution in [0.2, 0.25) is 0 Å². The summed E-state index contributed by atoms with van der Waals surface area (Å²) < 4.78 is 0. The molecule has 2 rings (SSSR count). The zero-order valence-electron chi connectivity index (χ0n) is 10.2. The van der Waals surface area contributed by atoms with Crippen LogP contribution in [0, 0.1) is 5.92 Å². The van der Waals surface area contributed by atoms with E-state index in [0.29, 0.717) is 18.0 Å². The molecule has 1 aliphatic rings. The molecule has 1 heterocycles. The summed E-state index contributed by atoms with van der Waals surface area (Å²) in [6.07, 6.45) is 1.61. The fourth-order valence-electron chi connectivity index (χ4n) is 2.34. The van der Waals surface area contributed by atoms with E-state index in [9.17, 15) is 9.90 Å². The summed E-state index contributed by atoms with van der Waals surface area (Å²) in [6.45, 7) is 4.67. The number of piperidine rings is 1. The quantitative estimate of drug-likeness (QED) is 0.870. The van der Waals surface area contributed by atoms with Gasteiger partial charge < -0.3 is 5.11 Å². The summed E-state index contributed by atoms with van der Waals surface area (Å²) in [5.74, 6) is 0.921. The smallest absolute Gasteiger partial charge is 0.138 e. The summed E-state index contributed by atoms with van der Waals surface area (Å²) >= 11 is 0. The van der Waals surface area contributed by atoms with Gasteiger partial charge >= 0.3 is 0 Å². The lowest BCUT2D eigenvalue weighted by atomic mass is 9.94. The first-order valence-electron chi connectivity index (χ1n) is 6.22. The standard InChI is InChI=1S/C14H19NO2/c1-2-12-10-15(8-7-14(12)17)9-11-3-5-13(16)6-4-11/h3-6,12,16H,2,7-10H2,1H3. The fourth-order valence-corrected chi connectivity index (χ4v) is 2.34. The van der Waals surface area contributed by atoms with Crippen LogP contribution in [0.1, 0.15) is 25.3 Å². The van der Waals surface area contributed by atoms with Crippen LogP contribution >= 0.6 is 0 Å². The van der Waals surface area contributed by atoms with Crippen LogP contribution < -0.4 is 0 Å². The zero-order valence-corrected chi connectivity index (χ0v) is 10.2. The van der Waals surface area contributed by atoms with Crippen molar-refractivity contribution in [1.82, 2.24) is 4.90 Å². The Morgan fingerprint density at radius 3 is 2.71 bits per heavy atom. The normalized spacial score (nSPS) is 21.7. The highest BCUT2D eigenvalue weighted by Gasteiger charge is 2.25. The van der Waals surface area contributed by atoms with Crippen molar-refractivity contribution in [3.8, 4) is 5.75 Å². The van der Waals surface area contributed by atoms with Gasteiger partial charge in [-0.2, -0.15) is 0 Å². The maximum atomic E-state index is 11.6. The maximum absolute atomic E-state index is 11.6. The molecule has 1 unspecified atom stereocenters. The Labute approximate surface area is 102 Å². The van der Waals surface area contributed by atoms with E-state index in [1.54, 1.807) is 12.1 Å². The predicted octanol–water partition coefficient (Wildman–Crippen LogP) is 2.19. The Morgan fingerprint density at radius 2 is 2.06 bits per heavy atom. The molecular formula is C14H19NO2. The van der Waals surface area contributed by atoms with Crippen molar-refractivity contribution < 1.29 is 9.90 Å². The molecule has 1 N–H and O–H groups in total. The minimum atomic E-state index is 0.209. The second kappa shape index (κ2) is 5.32. The molecule has 0 bridgehead atoms. The van der Waals surface area contributed by atoms with Gasteiger partial charge in [0, 0.05) is 32.0 Å². The number of phenols is 1. The molecule has 3 heteroatoms.